The van der Waals surface area contributed by atoms with Crippen molar-refractivity contribution in [3.63, 3.8) is 0 Å². The number of aldehydes is 2. The van der Waals surface area contributed by atoms with Crippen LogP contribution in [0.15, 0.2) is 0 Å². The molecule has 0 aliphatic rings. The van der Waals surface area contributed by atoms with Gasteiger partial charge in [-0.25, -0.2) is 9.59 Å². The number of hydrogen-bond donors (Lipinski definition) is 8. The first kappa shape index (κ1) is 23.2. The highest BCUT2D eigenvalue weighted by Gasteiger charge is 2.40. The Hall–Kier alpha value is -1.84. The monoisotopic (exact) mass is 370 g/mol. The predicted octanol–water partition coefficient (Wildman–Crippen LogP) is -6.66. The van der Waals surface area contributed by atoms with E-state index in [0.29, 0.717) is 0 Å². The highest BCUT2D eigenvalue weighted by molar-refractivity contribution is 5.90. The van der Waals surface area contributed by atoms with Crippen molar-refractivity contribution in [3.8, 4) is 0 Å². The van der Waals surface area contributed by atoms with Crippen LogP contribution in [-0.4, -0.2) is 114 Å². The molecule has 13 nitrogen and oxygen atoms in total. The average Bonchev–Trinajstić information content (AvgIpc) is 2.62. The van der Waals surface area contributed by atoms with E-state index in [1.54, 1.807) is 0 Å². The Morgan fingerprint density at radius 2 is 0.880 bits per heavy atom. The minimum atomic E-state index is -2.64. The molecule has 0 saturated heterocycles. The molecule has 0 aromatic carbocycles. The molecule has 13 heteroatoms. The second-order valence-corrected chi connectivity index (χ2v) is 4.85. The van der Waals surface area contributed by atoms with Crippen LogP contribution in [0.25, 0.3) is 0 Å². The maximum Gasteiger partial charge on any atom is 0.345 e. The quantitative estimate of drug-likeness (QED) is 0.101. The summed E-state index contributed by atoms with van der Waals surface area (Å²) in [6, 6.07) is 0. The Morgan fingerprint density at radius 3 is 1.12 bits per heavy atom. The zero-order chi connectivity index (χ0) is 19.9. The lowest BCUT2D eigenvalue weighted by Gasteiger charge is -2.24. The second kappa shape index (κ2) is 10.2. The molecule has 0 fully saturated rings. The number of aliphatic hydroxyl groups is 8. The first-order valence-corrected chi connectivity index (χ1v) is 6.60. The van der Waals surface area contributed by atoms with Crippen LogP contribution in [-0.2, 0) is 23.9 Å². The number of carbonyl (C=O) groups is 4. The van der Waals surface area contributed by atoms with Crippen LogP contribution in [0.5, 0.6) is 0 Å². The Bertz CT molecular complexity index is 438. The van der Waals surface area contributed by atoms with Crippen LogP contribution in [0, 0.1) is 0 Å². The number of aliphatic hydroxyl groups excluding tert-OH is 8. The van der Waals surface area contributed by atoms with Crippen molar-refractivity contribution >= 4 is 24.5 Å². The molecular weight excluding hydrogens is 352 g/mol. The van der Waals surface area contributed by atoms with Crippen molar-refractivity contribution in [2.75, 3.05) is 0 Å². The summed E-state index contributed by atoms with van der Waals surface area (Å²) in [4.78, 5) is 43.3. The third kappa shape index (κ3) is 6.18. The van der Waals surface area contributed by atoms with Crippen molar-refractivity contribution in [1.82, 2.24) is 0 Å². The summed E-state index contributed by atoms with van der Waals surface area (Å²) < 4.78 is 3.88. The second-order valence-electron chi connectivity index (χ2n) is 4.85. The molecule has 8 N–H and O–H groups in total. The zero-order valence-corrected chi connectivity index (χ0v) is 12.4. The number of rotatable bonds is 10. The van der Waals surface area contributed by atoms with Gasteiger partial charge in [-0.3, -0.25) is 0 Å². The fourth-order valence-electron chi connectivity index (χ4n) is 1.44. The summed E-state index contributed by atoms with van der Waals surface area (Å²) in [5, 5.41) is 73.8. The molecule has 0 spiro atoms. The van der Waals surface area contributed by atoms with Crippen LogP contribution >= 0.6 is 0 Å². The Balaban J connectivity index is 4.85. The SMILES string of the molecule is O=C[C@H](O)[C@@H](O)[C@@H](O)[C@H](O)C(=O)OC(=O)[C@@H](O)[C@H](O)[C@H](O)[C@@H](O)C=O. The number of hydrogen-bond acceptors (Lipinski definition) is 13. The lowest BCUT2D eigenvalue weighted by Crippen LogP contribution is -2.51. The van der Waals surface area contributed by atoms with Gasteiger partial charge in [0.2, 0.25) is 0 Å². The summed E-state index contributed by atoms with van der Waals surface area (Å²) in [5.74, 6) is -3.88. The fraction of sp³-hybridized carbons (Fsp3) is 0.667. The largest absolute Gasteiger partial charge is 0.389 e. The van der Waals surface area contributed by atoms with E-state index in [4.69, 9.17) is 10.2 Å². The first-order valence-electron chi connectivity index (χ1n) is 6.60. The van der Waals surface area contributed by atoms with Gasteiger partial charge < -0.3 is 55.2 Å². The van der Waals surface area contributed by atoms with E-state index in [1.807, 2.05) is 0 Å². The summed E-state index contributed by atoms with van der Waals surface area (Å²) in [7, 11) is 0. The number of esters is 2. The van der Waals surface area contributed by atoms with Gasteiger partial charge in [0.05, 0.1) is 0 Å². The van der Waals surface area contributed by atoms with E-state index in [0.717, 1.165) is 0 Å². The molecule has 0 rings (SSSR count). The van der Waals surface area contributed by atoms with Gasteiger partial charge in [0.15, 0.2) is 24.8 Å². The molecule has 0 unspecified atom stereocenters. The molecule has 0 aliphatic heterocycles. The van der Waals surface area contributed by atoms with Gasteiger partial charge in [0.25, 0.3) is 0 Å². The summed E-state index contributed by atoms with van der Waals surface area (Å²) in [6.07, 6.45) is -19.6. The van der Waals surface area contributed by atoms with E-state index < -0.39 is 60.8 Å². The van der Waals surface area contributed by atoms with Crippen LogP contribution in [0.4, 0.5) is 0 Å². The van der Waals surface area contributed by atoms with Crippen molar-refractivity contribution in [2.45, 2.75) is 48.8 Å². The molecule has 8 atom stereocenters. The summed E-state index contributed by atoms with van der Waals surface area (Å²) in [6.45, 7) is 0. The van der Waals surface area contributed by atoms with Crippen LogP contribution < -0.4 is 0 Å². The van der Waals surface area contributed by atoms with Gasteiger partial charge >= 0.3 is 11.9 Å². The first-order chi connectivity index (χ1) is 11.5. The molecule has 25 heavy (non-hydrogen) atoms. The number of carbonyl (C=O) groups excluding carboxylic acids is 4. The third-order valence-electron chi connectivity index (χ3n) is 3.01. The van der Waals surface area contributed by atoms with Crippen LogP contribution in [0.3, 0.4) is 0 Å². The smallest absolute Gasteiger partial charge is 0.345 e. The average molecular weight is 370 g/mol. The van der Waals surface area contributed by atoms with Crippen molar-refractivity contribution < 1.29 is 64.8 Å². The lowest BCUT2D eigenvalue weighted by atomic mass is 10.0. The van der Waals surface area contributed by atoms with E-state index in [2.05, 4.69) is 4.74 Å². The standard InChI is InChI=1S/C12H18O13/c13-1-3(15)5(17)7(19)9(21)11(23)25-12(24)10(22)8(20)6(18)4(16)2-14/h1-10,15-22H/t3-,4-,5+,6+,7+,8+,9-,10-/m0/s1. The molecule has 0 aromatic heterocycles. The van der Waals surface area contributed by atoms with E-state index >= 15 is 0 Å². The van der Waals surface area contributed by atoms with Crippen molar-refractivity contribution in [3.05, 3.63) is 0 Å². The van der Waals surface area contributed by atoms with Gasteiger partial charge in [-0.1, -0.05) is 0 Å². The van der Waals surface area contributed by atoms with Gasteiger partial charge in [0.1, 0.15) is 36.6 Å². The highest BCUT2D eigenvalue weighted by Crippen LogP contribution is 2.09. The third-order valence-corrected chi connectivity index (χ3v) is 3.01. The van der Waals surface area contributed by atoms with Gasteiger partial charge in [-0.2, -0.15) is 0 Å². The number of ether oxygens (including phenoxy) is 1. The maximum atomic E-state index is 11.4. The van der Waals surface area contributed by atoms with E-state index in [1.165, 1.54) is 0 Å². The Morgan fingerprint density at radius 1 is 0.600 bits per heavy atom. The molecule has 0 saturated carbocycles. The predicted molar refractivity (Wildman–Crippen MR) is 71.3 cm³/mol. The van der Waals surface area contributed by atoms with Crippen LogP contribution in [0.1, 0.15) is 0 Å². The molecule has 0 aromatic rings. The van der Waals surface area contributed by atoms with Crippen molar-refractivity contribution in [1.29, 1.82) is 0 Å². The molecule has 0 amide bonds. The summed E-state index contributed by atoms with van der Waals surface area (Å²) in [5.41, 5.74) is 0. The Labute approximate surface area is 139 Å². The molecule has 0 bridgehead atoms. The zero-order valence-electron chi connectivity index (χ0n) is 12.4. The van der Waals surface area contributed by atoms with E-state index in [-0.39, 0.29) is 12.6 Å². The van der Waals surface area contributed by atoms with Gasteiger partial charge in [-0.05, 0) is 0 Å². The van der Waals surface area contributed by atoms with Crippen molar-refractivity contribution in [2.24, 2.45) is 0 Å². The normalized spacial score (nSPS) is 21.0. The minimum absolute atomic E-state index is 0.211. The molecule has 0 radical (unpaired) electrons. The van der Waals surface area contributed by atoms with Crippen LogP contribution in [0.2, 0.25) is 0 Å². The minimum Gasteiger partial charge on any atom is -0.389 e. The Kier molecular flexibility index (Phi) is 9.47. The lowest BCUT2D eigenvalue weighted by molar-refractivity contribution is -0.186. The maximum absolute atomic E-state index is 11.4. The highest BCUT2D eigenvalue weighted by atomic mass is 16.6. The van der Waals surface area contributed by atoms with E-state index in [9.17, 15) is 49.8 Å². The molecule has 0 heterocycles. The topological polar surface area (TPSA) is 239 Å². The van der Waals surface area contributed by atoms with Gasteiger partial charge in [0, 0.05) is 0 Å². The molecule has 0 aliphatic carbocycles. The fourth-order valence-corrected chi connectivity index (χ4v) is 1.44. The molecular formula is C12H18O13. The summed E-state index contributed by atoms with van der Waals surface area (Å²) >= 11 is 0. The molecule has 144 valence electrons. The van der Waals surface area contributed by atoms with Gasteiger partial charge in [-0.15, -0.1) is 0 Å².